The first kappa shape index (κ1) is 23.0. The third-order valence-corrected chi connectivity index (χ3v) is 6.12. The van der Waals surface area contributed by atoms with Crippen molar-refractivity contribution < 1.29 is 32.0 Å². The summed E-state index contributed by atoms with van der Waals surface area (Å²) in [5, 5.41) is 11.6. The summed E-state index contributed by atoms with van der Waals surface area (Å²) in [5.74, 6) is -1.90. The molecule has 168 valence electrons. The van der Waals surface area contributed by atoms with Crippen molar-refractivity contribution in [3.63, 3.8) is 0 Å². The normalized spacial score (nSPS) is 12.2. The molecule has 0 radical (unpaired) electrons. The number of aryl methyl sites for hydroxylation is 1. The number of amides is 1. The number of carbonyl (C=O) groups excluding carboxylic acids is 1. The summed E-state index contributed by atoms with van der Waals surface area (Å²) >= 11 is 0. The van der Waals surface area contributed by atoms with Gasteiger partial charge in [0, 0.05) is 13.1 Å². The highest BCUT2D eigenvalue weighted by molar-refractivity contribution is 7.86. The van der Waals surface area contributed by atoms with Gasteiger partial charge in [-0.05, 0) is 24.1 Å². The number of carboxylic acid groups (broad SMARTS) is 1. The number of aromatic amines is 1. The number of nitrogens with one attached hydrogen (secondary N) is 2. The standard InChI is InChI=1S/C22H22N2O7S/c1-14-8-6-7-11-19(14)32(28,29)31-18(15-9-4-3-5-10-15)13-30-17-12-16(22(26)27)24-20(17)21(25)23-2/h3-12,18,24H,13H2,1-2H3,(H,23,25)(H,26,27). The Morgan fingerprint density at radius 3 is 2.38 bits per heavy atom. The Bertz CT molecular complexity index is 1220. The van der Waals surface area contributed by atoms with Gasteiger partial charge in [-0.2, -0.15) is 8.42 Å². The highest BCUT2D eigenvalue weighted by Gasteiger charge is 2.27. The van der Waals surface area contributed by atoms with Gasteiger partial charge in [0.1, 0.15) is 24.1 Å². The molecule has 0 aliphatic carbocycles. The molecule has 1 heterocycles. The van der Waals surface area contributed by atoms with Gasteiger partial charge in [-0.15, -0.1) is 0 Å². The lowest BCUT2D eigenvalue weighted by molar-refractivity contribution is 0.0691. The van der Waals surface area contributed by atoms with Crippen LogP contribution in [0.5, 0.6) is 5.75 Å². The SMILES string of the molecule is CNC(=O)c1[nH]c(C(=O)O)cc1OCC(OS(=O)(=O)c1ccccc1C)c1ccccc1. The summed E-state index contributed by atoms with van der Waals surface area (Å²) in [5.41, 5.74) is 0.709. The van der Waals surface area contributed by atoms with E-state index in [2.05, 4.69) is 10.3 Å². The van der Waals surface area contributed by atoms with E-state index < -0.39 is 28.1 Å². The van der Waals surface area contributed by atoms with Crippen LogP contribution in [0.4, 0.5) is 0 Å². The van der Waals surface area contributed by atoms with Crippen LogP contribution in [0.1, 0.15) is 38.2 Å². The number of aromatic carboxylic acids is 1. The molecule has 2 aromatic carbocycles. The predicted octanol–water partition coefficient (Wildman–Crippen LogP) is 2.91. The Hall–Kier alpha value is -3.63. The van der Waals surface area contributed by atoms with E-state index in [9.17, 15) is 23.1 Å². The lowest BCUT2D eigenvalue weighted by Crippen LogP contribution is -2.22. The quantitative estimate of drug-likeness (QED) is 0.420. The zero-order valence-electron chi connectivity index (χ0n) is 17.4. The van der Waals surface area contributed by atoms with E-state index in [-0.39, 0.29) is 28.6 Å². The Labute approximate surface area is 185 Å². The van der Waals surface area contributed by atoms with Crippen molar-refractivity contribution in [3.05, 3.63) is 83.2 Å². The van der Waals surface area contributed by atoms with Gasteiger partial charge in [0.25, 0.3) is 16.0 Å². The van der Waals surface area contributed by atoms with Crippen LogP contribution in [0.2, 0.25) is 0 Å². The molecule has 0 saturated heterocycles. The number of hydrogen-bond donors (Lipinski definition) is 3. The first-order valence-corrected chi connectivity index (χ1v) is 11.0. The average molecular weight is 458 g/mol. The first-order valence-electron chi connectivity index (χ1n) is 9.58. The van der Waals surface area contributed by atoms with Crippen LogP contribution in [0, 0.1) is 6.92 Å². The minimum absolute atomic E-state index is 0.0294. The van der Waals surface area contributed by atoms with E-state index in [4.69, 9.17) is 8.92 Å². The fraction of sp³-hybridized carbons (Fsp3) is 0.182. The molecule has 0 aliphatic heterocycles. The molecule has 32 heavy (non-hydrogen) atoms. The van der Waals surface area contributed by atoms with Crippen LogP contribution < -0.4 is 10.1 Å². The minimum atomic E-state index is -4.14. The van der Waals surface area contributed by atoms with Crippen molar-refractivity contribution in [1.82, 2.24) is 10.3 Å². The number of ether oxygens (including phenoxy) is 1. The van der Waals surface area contributed by atoms with Crippen LogP contribution in [-0.4, -0.2) is 44.0 Å². The molecule has 1 amide bonds. The molecular weight excluding hydrogens is 436 g/mol. The average Bonchev–Trinajstić information content (AvgIpc) is 3.21. The smallest absolute Gasteiger partial charge is 0.352 e. The van der Waals surface area contributed by atoms with Crippen LogP contribution in [-0.2, 0) is 14.3 Å². The molecule has 1 atom stereocenters. The second kappa shape index (κ2) is 9.67. The Morgan fingerprint density at radius 2 is 1.75 bits per heavy atom. The van der Waals surface area contributed by atoms with Gasteiger partial charge in [-0.25, -0.2) is 4.79 Å². The maximum absolute atomic E-state index is 12.9. The lowest BCUT2D eigenvalue weighted by atomic mass is 10.1. The van der Waals surface area contributed by atoms with E-state index >= 15 is 0 Å². The summed E-state index contributed by atoms with van der Waals surface area (Å²) in [7, 11) is -2.76. The monoisotopic (exact) mass is 458 g/mol. The van der Waals surface area contributed by atoms with Crippen LogP contribution in [0.25, 0.3) is 0 Å². The van der Waals surface area contributed by atoms with Crippen molar-refractivity contribution in [2.75, 3.05) is 13.7 Å². The number of rotatable bonds is 9. The number of carbonyl (C=O) groups is 2. The molecule has 0 fully saturated rings. The summed E-state index contributed by atoms with van der Waals surface area (Å²) in [6.45, 7) is 1.36. The zero-order chi connectivity index (χ0) is 23.3. The third kappa shape index (κ3) is 5.16. The molecule has 10 heteroatoms. The first-order chi connectivity index (χ1) is 15.2. The molecular formula is C22H22N2O7S. The van der Waals surface area contributed by atoms with E-state index in [1.165, 1.54) is 13.1 Å². The van der Waals surface area contributed by atoms with Crippen molar-refractivity contribution in [2.24, 2.45) is 0 Å². The van der Waals surface area contributed by atoms with E-state index in [0.717, 1.165) is 6.07 Å². The number of H-pyrrole nitrogens is 1. The predicted molar refractivity (Wildman–Crippen MR) is 115 cm³/mol. The second-order valence-corrected chi connectivity index (χ2v) is 8.37. The highest BCUT2D eigenvalue weighted by Crippen LogP contribution is 2.28. The zero-order valence-corrected chi connectivity index (χ0v) is 18.2. The maximum atomic E-state index is 12.9. The minimum Gasteiger partial charge on any atom is -0.488 e. The summed E-state index contributed by atoms with van der Waals surface area (Å²) in [4.78, 5) is 25.9. The molecule has 1 unspecified atom stereocenters. The molecule has 0 saturated carbocycles. The molecule has 0 aliphatic rings. The van der Waals surface area contributed by atoms with Crippen LogP contribution >= 0.6 is 0 Å². The van der Waals surface area contributed by atoms with Gasteiger partial charge in [0.15, 0.2) is 5.75 Å². The molecule has 1 aromatic heterocycles. The summed E-state index contributed by atoms with van der Waals surface area (Å²) in [6.07, 6.45) is -1.05. The largest absolute Gasteiger partial charge is 0.488 e. The summed E-state index contributed by atoms with van der Waals surface area (Å²) in [6, 6.07) is 16.2. The molecule has 3 aromatic rings. The second-order valence-electron chi connectivity index (χ2n) is 6.83. The molecule has 0 bridgehead atoms. The number of hydrogen-bond acceptors (Lipinski definition) is 6. The molecule has 9 nitrogen and oxygen atoms in total. The number of aromatic nitrogens is 1. The molecule has 3 N–H and O–H groups in total. The van der Waals surface area contributed by atoms with Gasteiger partial charge >= 0.3 is 5.97 Å². The Morgan fingerprint density at radius 1 is 1.09 bits per heavy atom. The van der Waals surface area contributed by atoms with Gasteiger partial charge in [0.05, 0.1) is 4.90 Å². The maximum Gasteiger partial charge on any atom is 0.352 e. The van der Waals surface area contributed by atoms with E-state index in [1.807, 2.05) is 0 Å². The van der Waals surface area contributed by atoms with Crippen molar-refractivity contribution in [2.45, 2.75) is 17.9 Å². The van der Waals surface area contributed by atoms with E-state index in [1.54, 1.807) is 55.5 Å². The van der Waals surface area contributed by atoms with Gasteiger partial charge < -0.3 is 20.1 Å². The van der Waals surface area contributed by atoms with E-state index in [0.29, 0.717) is 11.1 Å². The molecule has 0 spiro atoms. The van der Waals surface area contributed by atoms with Crippen LogP contribution in [0.3, 0.4) is 0 Å². The number of benzene rings is 2. The highest BCUT2D eigenvalue weighted by atomic mass is 32.2. The van der Waals surface area contributed by atoms with Gasteiger partial charge in [0.2, 0.25) is 0 Å². The fourth-order valence-electron chi connectivity index (χ4n) is 3.01. The van der Waals surface area contributed by atoms with Crippen molar-refractivity contribution >= 4 is 22.0 Å². The third-order valence-electron chi connectivity index (χ3n) is 4.63. The topological polar surface area (TPSA) is 135 Å². The van der Waals surface area contributed by atoms with Gasteiger partial charge in [-0.1, -0.05) is 48.5 Å². The van der Waals surface area contributed by atoms with Crippen LogP contribution in [0.15, 0.2) is 65.6 Å². The van der Waals surface area contributed by atoms with Crippen molar-refractivity contribution in [1.29, 1.82) is 0 Å². The van der Waals surface area contributed by atoms with Crippen molar-refractivity contribution in [3.8, 4) is 5.75 Å². The number of carboxylic acids is 1. The molecule has 3 rings (SSSR count). The van der Waals surface area contributed by atoms with Gasteiger partial charge in [-0.3, -0.25) is 8.98 Å². The summed E-state index contributed by atoms with van der Waals surface area (Å²) < 4.78 is 37.1. The Balaban J connectivity index is 1.91. The lowest BCUT2D eigenvalue weighted by Gasteiger charge is -2.19. The fourth-order valence-corrected chi connectivity index (χ4v) is 4.30. The Kier molecular flexibility index (Phi) is 6.96.